The van der Waals surface area contributed by atoms with Gasteiger partial charge in [0.1, 0.15) is 17.8 Å². The number of rotatable bonds is 5. The number of amides is 1. The molecular weight excluding hydrogens is 411 g/mol. The van der Waals surface area contributed by atoms with Gasteiger partial charge < -0.3 is 20.5 Å². The Bertz CT molecular complexity index is 1000. The first kappa shape index (κ1) is 19.8. The highest BCUT2D eigenvalue weighted by Crippen LogP contribution is 2.24. The lowest BCUT2D eigenvalue weighted by Crippen LogP contribution is -2.49. The normalized spacial score (nSPS) is 19.3. The molecule has 7 nitrogen and oxygen atoms in total. The van der Waals surface area contributed by atoms with E-state index in [2.05, 4.69) is 32.5 Å². The van der Waals surface area contributed by atoms with Crippen molar-refractivity contribution in [2.45, 2.75) is 19.4 Å². The minimum atomic E-state index is 0.0360. The number of aromatic amines is 1. The van der Waals surface area contributed by atoms with Crippen LogP contribution in [0.1, 0.15) is 13.3 Å². The first-order valence-electron chi connectivity index (χ1n) is 9.50. The number of halogens is 2. The molecule has 1 saturated heterocycles. The van der Waals surface area contributed by atoms with Gasteiger partial charge in [0, 0.05) is 41.1 Å². The topological polar surface area (TPSA) is 85.9 Å². The molecule has 1 amide bonds. The number of benzene rings is 1. The molecular formula is C20H22Cl2N6O. The summed E-state index contributed by atoms with van der Waals surface area (Å²) in [5.74, 6) is 1.21. The Morgan fingerprint density at radius 1 is 1.24 bits per heavy atom. The van der Waals surface area contributed by atoms with Gasteiger partial charge in [-0.3, -0.25) is 4.79 Å². The van der Waals surface area contributed by atoms with E-state index in [0.717, 1.165) is 35.5 Å². The van der Waals surface area contributed by atoms with Crippen molar-refractivity contribution in [1.29, 1.82) is 0 Å². The summed E-state index contributed by atoms with van der Waals surface area (Å²) in [5, 5.41) is 8.62. The molecule has 2 atom stereocenters. The van der Waals surface area contributed by atoms with Crippen LogP contribution in [0.2, 0.25) is 10.0 Å². The number of hydrogen-bond acceptors (Lipinski definition) is 5. The van der Waals surface area contributed by atoms with Crippen molar-refractivity contribution in [2.24, 2.45) is 5.92 Å². The Kier molecular flexibility index (Phi) is 5.78. The van der Waals surface area contributed by atoms with Crippen LogP contribution in [-0.4, -0.2) is 51.4 Å². The SMILES string of the molecule is CC1CC(Nc2ncnc3[nH]ccc23)CN(C(=O)CNc2cc(Cl)cc(Cl)c2)C1. The third-order valence-electron chi connectivity index (χ3n) is 5.01. The highest BCUT2D eigenvalue weighted by atomic mass is 35.5. The Morgan fingerprint density at radius 3 is 2.83 bits per heavy atom. The van der Waals surface area contributed by atoms with Gasteiger partial charge in [0.2, 0.25) is 5.91 Å². The van der Waals surface area contributed by atoms with E-state index in [0.29, 0.717) is 22.5 Å². The number of anilines is 2. The van der Waals surface area contributed by atoms with Crippen LogP contribution in [0.5, 0.6) is 0 Å². The number of H-pyrrole nitrogens is 1. The first-order valence-corrected chi connectivity index (χ1v) is 10.3. The van der Waals surface area contributed by atoms with Gasteiger partial charge >= 0.3 is 0 Å². The minimum absolute atomic E-state index is 0.0360. The monoisotopic (exact) mass is 432 g/mol. The van der Waals surface area contributed by atoms with Crippen LogP contribution in [0.4, 0.5) is 11.5 Å². The van der Waals surface area contributed by atoms with Crippen molar-refractivity contribution in [1.82, 2.24) is 19.9 Å². The summed E-state index contributed by atoms with van der Waals surface area (Å²) in [6.07, 6.45) is 4.35. The molecule has 1 aliphatic rings. The molecule has 29 heavy (non-hydrogen) atoms. The number of nitrogens with zero attached hydrogens (tertiary/aromatic N) is 3. The summed E-state index contributed by atoms with van der Waals surface area (Å²) < 4.78 is 0. The minimum Gasteiger partial charge on any atom is -0.376 e. The predicted octanol–water partition coefficient (Wildman–Crippen LogP) is 4.03. The van der Waals surface area contributed by atoms with Crippen molar-refractivity contribution < 1.29 is 4.79 Å². The molecule has 2 unspecified atom stereocenters. The van der Waals surface area contributed by atoms with E-state index in [9.17, 15) is 4.79 Å². The van der Waals surface area contributed by atoms with Gasteiger partial charge in [-0.05, 0) is 36.6 Å². The highest BCUT2D eigenvalue weighted by molar-refractivity contribution is 6.35. The Labute approximate surface area is 178 Å². The van der Waals surface area contributed by atoms with Crippen LogP contribution in [0.3, 0.4) is 0 Å². The van der Waals surface area contributed by atoms with Crippen LogP contribution < -0.4 is 10.6 Å². The molecule has 152 valence electrons. The average molecular weight is 433 g/mol. The second-order valence-electron chi connectivity index (χ2n) is 7.45. The molecule has 0 radical (unpaired) electrons. The summed E-state index contributed by atoms with van der Waals surface area (Å²) in [4.78, 5) is 26.4. The largest absolute Gasteiger partial charge is 0.376 e. The van der Waals surface area contributed by atoms with E-state index < -0.39 is 0 Å². The lowest BCUT2D eigenvalue weighted by molar-refractivity contribution is -0.131. The maximum Gasteiger partial charge on any atom is 0.241 e. The molecule has 0 aliphatic carbocycles. The van der Waals surface area contributed by atoms with E-state index >= 15 is 0 Å². The summed E-state index contributed by atoms with van der Waals surface area (Å²) in [6.45, 7) is 3.70. The van der Waals surface area contributed by atoms with Gasteiger partial charge in [-0.15, -0.1) is 0 Å². The third-order valence-corrected chi connectivity index (χ3v) is 5.45. The second kappa shape index (κ2) is 8.47. The number of likely N-dealkylation sites (tertiary alicyclic amines) is 1. The maximum atomic E-state index is 12.8. The van der Waals surface area contributed by atoms with Gasteiger partial charge in [0.25, 0.3) is 0 Å². The summed E-state index contributed by atoms with van der Waals surface area (Å²) >= 11 is 12.0. The molecule has 2 aromatic heterocycles. The van der Waals surface area contributed by atoms with Crippen LogP contribution in [0.15, 0.2) is 36.8 Å². The molecule has 1 aliphatic heterocycles. The van der Waals surface area contributed by atoms with Crippen molar-refractivity contribution in [2.75, 3.05) is 30.3 Å². The van der Waals surface area contributed by atoms with Crippen molar-refractivity contribution in [3.05, 3.63) is 46.8 Å². The number of hydrogen-bond donors (Lipinski definition) is 3. The fourth-order valence-electron chi connectivity index (χ4n) is 3.79. The zero-order chi connectivity index (χ0) is 20.4. The van der Waals surface area contributed by atoms with Gasteiger partial charge in [-0.1, -0.05) is 30.1 Å². The molecule has 4 rings (SSSR count). The lowest BCUT2D eigenvalue weighted by Gasteiger charge is -2.37. The van der Waals surface area contributed by atoms with Gasteiger partial charge in [0.15, 0.2) is 0 Å². The van der Waals surface area contributed by atoms with Crippen LogP contribution in [0, 0.1) is 5.92 Å². The number of nitrogens with one attached hydrogen (secondary N) is 3. The van der Waals surface area contributed by atoms with Gasteiger partial charge in [-0.2, -0.15) is 0 Å². The molecule has 1 fully saturated rings. The van der Waals surface area contributed by atoms with E-state index in [4.69, 9.17) is 23.2 Å². The number of piperidine rings is 1. The number of carbonyl (C=O) groups excluding carboxylic acids is 1. The smallest absolute Gasteiger partial charge is 0.241 e. The molecule has 0 saturated carbocycles. The molecule has 3 aromatic rings. The van der Waals surface area contributed by atoms with E-state index in [-0.39, 0.29) is 18.5 Å². The number of fused-ring (bicyclic) bond motifs is 1. The second-order valence-corrected chi connectivity index (χ2v) is 8.33. The molecule has 9 heteroatoms. The Morgan fingerprint density at radius 2 is 2.03 bits per heavy atom. The Hall–Kier alpha value is -2.51. The highest BCUT2D eigenvalue weighted by Gasteiger charge is 2.28. The number of aromatic nitrogens is 3. The zero-order valence-corrected chi connectivity index (χ0v) is 17.5. The van der Waals surface area contributed by atoms with Gasteiger partial charge in [-0.25, -0.2) is 9.97 Å². The van der Waals surface area contributed by atoms with Gasteiger partial charge in [0.05, 0.1) is 11.9 Å². The zero-order valence-electron chi connectivity index (χ0n) is 16.0. The van der Waals surface area contributed by atoms with Crippen molar-refractivity contribution >= 4 is 51.6 Å². The molecule has 3 heterocycles. The predicted molar refractivity (Wildman–Crippen MR) is 117 cm³/mol. The Balaban J connectivity index is 1.40. The van der Waals surface area contributed by atoms with E-state index in [1.54, 1.807) is 18.2 Å². The molecule has 3 N–H and O–H groups in total. The summed E-state index contributed by atoms with van der Waals surface area (Å²) in [5.41, 5.74) is 1.52. The standard InChI is InChI=1S/C20H22Cl2N6O/c1-12-4-16(27-20-17-2-3-23-19(17)25-11-26-20)10-28(9-12)18(29)8-24-15-6-13(21)5-14(22)7-15/h2-3,5-7,11-12,16,24H,4,8-10H2,1H3,(H2,23,25,26,27). The molecule has 0 spiro atoms. The van der Waals surface area contributed by atoms with Crippen LogP contribution >= 0.6 is 23.2 Å². The van der Waals surface area contributed by atoms with Crippen molar-refractivity contribution in [3.63, 3.8) is 0 Å². The quantitative estimate of drug-likeness (QED) is 0.566. The summed E-state index contributed by atoms with van der Waals surface area (Å²) in [6, 6.07) is 7.24. The average Bonchev–Trinajstić information content (AvgIpc) is 3.15. The fraction of sp³-hybridized carbons (Fsp3) is 0.350. The number of carbonyl (C=O) groups is 1. The van der Waals surface area contributed by atoms with Crippen LogP contribution in [-0.2, 0) is 4.79 Å². The third kappa shape index (κ3) is 4.74. The molecule has 0 bridgehead atoms. The fourth-order valence-corrected chi connectivity index (χ4v) is 4.31. The molecule has 1 aromatic carbocycles. The summed E-state index contributed by atoms with van der Waals surface area (Å²) in [7, 11) is 0. The van der Waals surface area contributed by atoms with Crippen LogP contribution in [0.25, 0.3) is 11.0 Å². The lowest BCUT2D eigenvalue weighted by atomic mass is 9.95. The maximum absolute atomic E-state index is 12.8. The van der Waals surface area contributed by atoms with Crippen molar-refractivity contribution in [3.8, 4) is 0 Å². The first-order chi connectivity index (χ1) is 14.0. The van der Waals surface area contributed by atoms with E-state index in [1.165, 1.54) is 6.33 Å². The van der Waals surface area contributed by atoms with E-state index in [1.807, 2.05) is 17.2 Å².